The molecule has 0 atom stereocenters. The van der Waals surface area contributed by atoms with Crippen LogP contribution in [-0.4, -0.2) is 15.0 Å². The lowest BCUT2D eigenvalue weighted by molar-refractivity contribution is 0.586. The lowest BCUT2D eigenvalue weighted by Crippen LogP contribution is -2.30. The van der Waals surface area contributed by atoms with Crippen LogP contribution in [0, 0.1) is 11.3 Å². The predicted octanol–water partition coefficient (Wildman–Crippen LogP) is 1.98. The van der Waals surface area contributed by atoms with E-state index in [1.54, 1.807) is 12.1 Å². The van der Waals surface area contributed by atoms with Crippen LogP contribution in [0.3, 0.4) is 0 Å². The molecular formula is C10H12BrN3O2S. The zero-order chi connectivity index (χ0) is 12.9. The van der Waals surface area contributed by atoms with E-state index in [0.717, 1.165) is 4.47 Å². The summed E-state index contributed by atoms with van der Waals surface area (Å²) in [6.07, 6.45) is 0.701. The third-order valence-electron chi connectivity index (χ3n) is 1.89. The molecule has 0 amide bonds. The van der Waals surface area contributed by atoms with Crippen LogP contribution in [0.2, 0.25) is 0 Å². The minimum atomic E-state index is -3.61. The van der Waals surface area contributed by atoms with Crippen molar-refractivity contribution in [2.75, 3.05) is 11.3 Å². The smallest absolute Gasteiger partial charge is 0.270 e. The molecule has 0 radical (unpaired) electrons. The molecule has 1 aromatic rings. The molecule has 1 rings (SSSR count). The quantitative estimate of drug-likeness (QED) is 0.871. The number of rotatable bonds is 5. The minimum Gasteiger partial charge on any atom is -0.270 e. The number of nitrogens with one attached hydrogen (secondary N) is 2. The van der Waals surface area contributed by atoms with Gasteiger partial charge in [0.05, 0.1) is 11.3 Å². The lowest BCUT2D eigenvalue weighted by atomic mass is 10.2. The highest BCUT2D eigenvalue weighted by Gasteiger charge is 2.11. The van der Waals surface area contributed by atoms with Gasteiger partial charge < -0.3 is 0 Å². The van der Waals surface area contributed by atoms with Crippen molar-refractivity contribution in [2.24, 2.45) is 0 Å². The molecule has 0 aromatic heterocycles. The lowest BCUT2D eigenvalue weighted by Gasteiger charge is -2.09. The molecule has 0 saturated carbocycles. The Morgan fingerprint density at radius 1 is 1.47 bits per heavy atom. The van der Waals surface area contributed by atoms with E-state index in [2.05, 4.69) is 25.4 Å². The van der Waals surface area contributed by atoms with Crippen molar-refractivity contribution in [1.82, 2.24) is 4.72 Å². The van der Waals surface area contributed by atoms with Crippen LogP contribution in [0.1, 0.15) is 18.9 Å². The van der Waals surface area contributed by atoms with Gasteiger partial charge in [-0.25, -0.2) is 0 Å². The summed E-state index contributed by atoms with van der Waals surface area (Å²) in [5.41, 5.74) is 0.528. The Morgan fingerprint density at radius 3 is 2.76 bits per heavy atom. The second kappa shape index (κ2) is 6.00. The maximum atomic E-state index is 11.6. The summed E-state index contributed by atoms with van der Waals surface area (Å²) in [7, 11) is -3.61. The third-order valence-corrected chi connectivity index (χ3v) is 3.45. The summed E-state index contributed by atoms with van der Waals surface area (Å²) < 4.78 is 28.5. The standard InChI is InChI=1S/C10H12BrN3O2S/c1-2-5-13-17(15,16)14-10-4-3-9(11)6-8(10)7-12/h3-4,6,13-14H,2,5H2,1H3. The van der Waals surface area contributed by atoms with E-state index in [1.165, 1.54) is 6.07 Å². The highest BCUT2D eigenvalue weighted by atomic mass is 79.9. The van der Waals surface area contributed by atoms with Crippen LogP contribution < -0.4 is 9.44 Å². The monoisotopic (exact) mass is 317 g/mol. The fourth-order valence-electron chi connectivity index (χ4n) is 1.12. The first-order chi connectivity index (χ1) is 7.98. The maximum Gasteiger partial charge on any atom is 0.299 e. The largest absolute Gasteiger partial charge is 0.299 e. The summed E-state index contributed by atoms with van der Waals surface area (Å²) in [4.78, 5) is 0. The molecule has 7 heteroatoms. The van der Waals surface area contributed by atoms with Crippen molar-refractivity contribution in [3.63, 3.8) is 0 Å². The Bertz CT molecular complexity index is 537. The van der Waals surface area contributed by atoms with Gasteiger partial charge >= 0.3 is 0 Å². The van der Waals surface area contributed by atoms with E-state index < -0.39 is 10.2 Å². The fourth-order valence-corrected chi connectivity index (χ4v) is 2.49. The Balaban J connectivity index is 2.92. The van der Waals surface area contributed by atoms with Gasteiger partial charge in [0.2, 0.25) is 0 Å². The molecule has 0 aliphatic heterocycles. The first kappa shape index (κ1) is 14.0. The Kier molecular flexibility index (Phi) is 4.93. The van der Waals surface area contributed by atoms with Gasteiger partial charge in [-0.05, 0) is 24.6 Å². The summed E-state index contributed by atoms with van der Waals surface area (Å²) in [5, 5.41) is 8.89. The highest BCUT2D eigenvalue weighted by molar-refractivity contribution is 9.10. The number of benzene rings is 1. The average molecular weight is 318 g/mol. The van der Waals surface area contributed by atoms with Crippen LogP contribution in [0.15, 0.2) is 22.7 Å². The molecule has 2 N–H and O–H groups in total. The number of anilines is 1. The van der Waals surface area contributed by atoms with Crippen LogP contribution in [0.5, 0.6) is 0 Å². The van der Waals surface area contributed by atoms with Crippen molar-refractivity contribution in [3.05, 3.63) is 28.2 Å². The first-order valence-electron chi connectivity index (χ1n) is 4.95. The second-order valence-electron chi connectivity index (χ2n) is 3.30. The zero-order valence-electron chi connectivity index (χ0n) is 9.20. The van der Waals surface area contributed by atoms with Gasteiger partial charge in [0.1, 0.15) is 6.07 Å². The fraction of sp³-hybridized carbons (Fsp3) is 0.300. The van der Waals surface area contributed by atoms with Crippen molar-refractivity contribution >= 4 is 31.8 Å². The maximum absolute atomic E-state index is 11.6. The van der Waals surface area contributed by atoms with E-state index in [4.69, 9.17) is 5.26 Å². The van der Waals surface area contributed by atoms with Crippen LogP contribution >= 0.6 is 15.9 Å². The summed E-state index contributed by atoms with van der Waals surface area (Å²) in [6, 6.07) is 6.68. The number of halogens is 1. The summed E-state index contributed by atoms with van der Waals surface area (Å²) >= 11 is 3.21. The van der Waals surface area contributed by atoms with Crippen molar-refractivity contribution in [2.45, 2.75) is 13.3 Å². The van der Waals surface area contributed by atoms with Gasteiger partial charge in [0.25, 0.3) is 10.2 Å². The van der Waals surface area contributed by atoms with Crippen molar-refractivity contribution in [3.8, 4) is 6.07 Å². The highest BCUT2D eigenvalue weighted by Crippen LogP contribution is 2.20. The van der Waals surface area contributed by atoms with Crippen LogP contribution in [-0.2, 0) is 10.2 Å². The van der Waals surface area contributed by atoms with E-state index in [9.17, 15) is 8.42 Å². The van der Waals surface area contributed by atoms with Gasteiger partial charge in [-0.3, -0.25) is 4.72 Å². The molecule has 0 unspecified atom stereocenters. The van der Waals surface area contributed by atoms with Gasteiger partial charge in [0.15, 0.2) is 0 Å². The van der Waals surface area contributed by atoms with Gasteiger partial charge in [-0.15, -0.1) is 0 Å². The number of hydrogen-bond acceptors (Lipinski definition) is 3. The predicted molar refractivity (Wildman–Crippen MR) is 69.7 cm³/mol. The van der Waals surface area contributed by atoms with E-state index >= 15 is 0 Å². The Labute approximate surface area is 109 Å². The Hall–Kier alpha value is -1.10. The molecule has 17 heavy (non-hydrogen) atoms. The molecule has 5 nitrogen and oxygen atoms in total. The third kappa shape index (κ3) is 4.34. The molecule has 0 bridgehead atoms. The number of nitrogens with zero attached hydrogens (tertiary/aromatic N) is 1. The van der Waals surface area contributed by atoms with Gasteiger partial charge in [-0.1, -0.05) is 22.9 Å². The number of hydrogen-bond donors (Lipinski definition) is 2. The molecule has 0 aliphatic carbocycles. The molecule has 0 heterocycles. The van der Waals surface area contributed by atoms with Crippen molar-refractivity contribution < 1.29 is 8.42 Å². The van der Waals surface area contributed by atoms with E-state index in [1.807, 2.05) is 13.0 Å². The van der Waals surface area contributed by atoms with Gasteiger partial charge in [-0.2, -0.15) is 18.4 Å². The molecular weight excluding hydrogens is 306 g/mol. The molecule has 0 spiro atoms. The molecule has 92 valence electrons. The topological polar surface area (TPSA) is 82.0 Å². The number of nitriles is 1. The summed E-state index contributed by atoms with van der Waals surface area (Å²) in [5.74, 6) is 0. The van der Waals surface area contributed by atoms with E-state index in [-0.39, 0.29) is 11.3 Å². The molecule has 0 fully saturated rings. The SMILES string of the molecule is CCCNS(=O)(=O)Nc1ccc(Br)cc1C#N. The normalized spacial score (nSPS) is 10.9. The molecule has 0 saturated heterocycles. The molecule has 1 aromatic carbocycles. The van der Waals surface area contributed by atoms with Crippen LogP contribution in [0.4, 0.5) is 5.69 Å². The Morgan fingerprint density at radius 2 is 2.18 bits per heavy atom. The van der Waals surface area contributed by atoms with E-state index in [0.29, 0.717) is 13.0 Å². The average Bonchev–Trinajstić information content (AvgIpc) is 2.28. The van der Waals surface area contributed by atoms with Crippen LogP contribution in [0.25, 0.3) is 0 Å². The second-order valence-corrected chi connectivity index (χ2v) is 5.72. The first-order valence-corrected chi connectivity index (χ1v) is 7.23. The zero-order valence-corrected chi connectivity index (χ0v) is 11.6. The summed E-state index contributed by atoms with van der Waals surface area (Å²) in [6.45, 7) is 2.22. The van der Waals surface area contributed by atoms with Crippen molar-refractivity contribution in [1.29, 1.82) is 5.26 Å². The molecule has 0 aliphatic rings. The van der Waals surface area contributed by atoms with Gasteiger partial charge in [0, 0.05) is 11.0 Å². The minimum absolute atomic E-state index is 0.263.